The second kappa shape index (κ2) is 5.71. The maximum atomic E-state index is 13.0. The molecule has 0 spiro atoms. The van der Waals surface area contributed by atoms with E-state index in [1.54, 1.807) is 11.3 Å². The molecular weight excluding hydrogens is 280 g/mol. The van der Waals surface area contributed by atoms with Crippen LogP contribution in [0.1, 0.15) is 5.56 Å². The lowest BCUT2D eigenvalue weighted by Gasteiger charge is -2.10. The molecule has 0 unspecified atom stereocenters. The van der Waals surface area contributed by atoms with Crippen LogP contribution in [0.15, 0.2) is 29.0 Å². The first kappa shape index (κ1) is 12.7. The number of hydrogen-bond acceptors (Lipinski definition) is 2. The van der Waals surface area contributed by atoms with Gasteiger partial charge in [0, 0.05) is 6.54 Å². The fourth-order valence-corrected chi connectivity index (χ4v) is 2.78. The zero-order chi connectivity index (χ0) is 12.3. The zero-order valence-corrected chi connectivity index (χ0v) is 11.2. The van der Waals surface area contributed by atoms with Crippen molar-refractivity contribution in [1.29, 1.82) is 0 Å². The lowest BCUT2D eigenvalue weighted by Crippen LogP contribution is -2.05. The fraction of sp³-hybridized carbons (Fsp3) is 0.167. The van der Waals surface area contributed by atoms with Crippen molar-refractivity contribution in [2.45, 2.75) is 6.42 Å². The highest BCUT2D eigenvalue weighted by atomic mass is 35.5. The fourth-order valence-electron chi connectivity index (χ4n) is 1.48. The van der Waals surface area contributed by atoms with Gasteiger partial charge >= 0.3 is 0 Å². The van der Waals surface area contributed by atoms with Gasteiger partial charge in [0.15, 0.2) is 0 Å². The molecule has 1 heterocycles. The van der Waals surface area contributed by atoms with Crippen LogP contribution in [0, 0.1) is 5.82 Å². The van der Waals surface area contributed by atoms with Crippen LogP contribution in [-0.2, 0) is 6.42 Å². The number of halogens is 3. The molecule has 1 aromatic carbocycles. The van der Waals surface area contributed by atoms with E-state index in [1.165, 1.54) is 17.7 Å². The Balaban J connectivity index is 1.99. The zero-order valence-electron chi connectivity index (χ0n) is 8.84. The van der Waals surface area contributed by atoms with E-state index in [1.807, 2.05) is 5.38 Å². The lowest BCUT2D eigenvalue weighted by atomic mass is 10.2. The summed E-state index contributed by atoms with van der Waals surface area (Å²) < 4.78 is 13.0. The van der Waals surface area contributed by atoms with E-state index in [0.717, 1.165) is 6.42 Å². The van der Waals surface area contributed by atoms with Crippen LogP contribution in [-0.4, -0.2) is 6.54 Å². The molecule has 0 aliphatic rings. The second-order valence-corrected chi connectivity index (χ2v) is 5.15. The van der Waals surface area contributed by atoms with Crippen molar-refractivity contribution >= 4 is 40.2 Å². The molecule has 0 amide bonds. The Morgan fingerprint density at radius 3 is 2.53 bits per heavy atom. The Morgan fingerprint density at radius 2 is 1.94 bits per heavy atom. The molecule has 0 radical (unpaired) electrons. The Bertz CT molecular complexity index is 476. The third-order valence-corrected chi connectivity index (χ3v) is 3.63. The Kier molecular flexibility index (Phi) is 4.26. The highest BCUT2D eigenvalue weighted by Crippen LogP contribution is 2.31. The van der Waals surface area contributed by atoms with Crippen LogP contribution >= 0.6 is 34.5 Å². The summed E-state index contributed by atoms with van der Waals surface area (Å²) in [5.41, 5.74) is 1.85. The second-order valence-electron chi connectivity index (χ2n) is 3.55. The van der Waals surface area contributed by atoms with Crippen LogP contribution in [0.2, 0.25) is 10.0 Å². The van der Waals surface area contributed by atoms with Gasteiger partial charge in [-0.3, -0.25) is 0 Å². The number of hydrogen-bond donors (Lipinski definition) is 1. The highest BCUT2D eigenvalue weighted by molar-refractivity contribution is 7.07. The molecule has 0 saturated carbocycles. The standard InChI is InChI=1S/C12H10Cl2FNS/c13-10-5-9(15)6-11(14)12(10)16-3-1-8-2-4-17-7-8/h2,4-7,16H,1,3H2. The summed E-state index contributed by atoms with van der Waals surface area (Å²) in [6.07, 6.45) is 0.882. The molecular formula is C12H10Cl2FNS. The van der Waals surface area contributed by atoms with Gasteiger partial charge in [0.2, 0.25) is 0 Å². The highest BCUT2D eigenvalue weighted by Gasteiger charge is 2.07. The molecule has 0 fully saturated rings. The third-order valence-electron chi connectivity index (χ3n) is 2.30. The van der Waals surface area contributed by atoms with Crippen LogP contribution in [0.3, 0.4) is 0 Å². The van der Waals surface area contributed by atoms with Gasteiger partial charge in [-0.25, -0.2) is 4.39 Å². The van der Waals surface area contributed by atoms with Crippen molar-refractivity contribution in [2.75, 3.05) is 11.9 Å². The minimum Gasteiger partial charge on any atom is -0.382 e. The number of rotatable bonds is 4. The van der Waals surface area contributed by atoms with Crippen molar-refractivity contribution in [2.24, 2.45) is 0 Å². The van der Waals surface area contributed by atoms with E-state index in [4.69, 9.17) is 23.2 Å². The lowest BCUT2D eigenvalue weighted by molar-refractivity contribution is 0.628. The normalized spacial score (nSPS) is 10.5. The van der Waals surface area contributed by atoms with E-state index >= 15 is 0 Å². The summed E-state index contributed by atoms with van der Waals surface area (Å²) >= 11 is 13.5. The minimum atomic E-state index is -0.427. The largest absolute Gasteiger partial charge is 0.382 e. The third kappa shape index (κ3) is 3.35. The summed E-state index contributed by atoms with van der Waals surface area (Å²) in [5.74, 6) is -0.427. The number of nitrogens with one attached hydrogen (secondary N) is 1. The van der Waals surface area contributed by atoms with Gasteiger partial charge in [0.1, 0.15) is 5.82 Å². The van der Waals surface area contributed by atoms with Crippen molar-refractivity contribution in [3.8, 4) is 0 Å². The van der Waals surface area contributed by atoms with Crippen molar-refractivity contribution in [3.05, 3.63) is 50.4 Å². The van der Waals surface area contributed by atoms with E-state index in [2.05, 4.69) is 16.8 Å². The van der Waals surface area contributed by atoms with Gasteiger partial charge in [0.25, 0.3) is 0 Å². The van der Waals surface area contributed by atoms with Crippen LogP contribution in [0.5, 0.6) is 0 Å². The Morgan fingerprint density at radius 1 is 1.24 bits per heavy atom. The molecule has 1 N–H and O–H groups in total. The topological polar surface area (TPSA) is 12.0 Å². The molecule has 17 heavy (non-hydrogen) atoms. The van der Waals surface area contributed by atoms with Gasteiger partial charge in [-0.05, 0) is 40.9 Å². The average molecular weight is 290 g/mol. The molecule has 90 valence electrons. The van der Waals surface area contributed by atoms with Gasteiger partial charge in [-0.15, -0.1) is 0 Å². The first-order chi connectivity index (χ1) is 8.16. The Labute approximate surface area is 113 Å². The molecule has 2 aromatic rings. The van der Waals surface area contributed by atoms with Crippen molar-refractivity contribution < 1.29 is 4.39 Å². The maximum Gasteiger partial charge on any atom is 0.126 e. The predicted molar refractivity (Wildman–Crippen MR) is 72.9 cm³/mol. The number of thiophene rings is 1. The first-order valence-electron chi connectivity index (χ1n) is 5.06. The molecule has 0 atom stereocenters. The molecule has 2 rings (SSSR count). The van der Waals surface area contributed by atoms with Crippen LogP contribution in [0.4, 0.5) is 10.1 Å². The first-order valence-corrected chi connectivity index (χ1v) is 6.76. The molecule has 0 aliphatic carbocycles. The number of anilines is 1. The summed E-state index contributed by atoms with van der Waals surface area (Å²) in [7, 11) is 0. The molecule has 0 saturated heterocycles. The van der Waals surface area contributed by atoms with Gasteiger partial charge in [-0.1, -0.05) is 23.2 Å². The summed E-state index contributed by atoms with van der Waals surface area (Å²) in [5, 5.41) is 7.86. The van der Waals surface area contributed by atoms with Gasteiger partial charge in [-0.2, -0.15) is 11.3 Å². The summed E-state index contributed by atoms with van der Waals surface area (Å²) in [6, 6.07) is 4.57. The van der Waals surface area contributed by atoms with E-state index in [0.29, 0.717) is 22.3 Å². The minimum absolute atomic E-state index is 0.306. The van der Waals surface area contributed by atoms with Crippen molar-refractivity contribution in [3.63, 3.8) is 0 Å². The molecule has 1 aromatic heterocycles. The molecule has 0 aliphatic heterocycles. The van der Waals surface area contributed by atoms with E-state index in [-0.39, 0.29) is 0 Å². The SMILES string of the molecule is Fc1cc(Cl)c(NCCc2ccsc2)c(Cl)c1. The van der Waals surface area contributed by atoms with Gasteiger partial charge < -0.3 is 5.32 Å². The number of benzene rings is 1. The Hall–Kier alpha value is -0.770. The van der Waals surface area contributed by atoms with E-state index in [9.17, 15) is 4.39 Å². The molecule has 0 bridgehead atoms. The van der Waals surface area contributed by atoms with Crippen LogP contribution < -0.4 is 5.32 Å². The quantitative estimate of drug-likeness (QED) is 0.848. The van der Waals surface area contributed by atoms with E-state index < -0.39 is 5.82 Å². The monoisotopic (exact) mass is 289 g/mol. The molecule has 5 heteroatoms. The molecule has 1 nitrogen and oxygen atoms in total. The maximum absolute atomic E-state index is 13.0. The smallest absolute Gasteiger partial charge is 0.126 e. The van der Waals surface area contributed by atoms with Crippen LogP contribution in [0.25, 0.3) is 0 Å². The van der Waals surface area contributed by atoms with Crippen molar-refractivity contribution in [1.82, 2.24) is 0 Å². The summed E-state index contributed by atoms with van der Waals surface area (Å²) in [4.78, 5) is 0. The predicted octanol–water partition coefficient (Wildman–Crippen LogP) is 4.85. The average Bonchev–Trinajstić information content (AvgIpc) is 2.74. The van der Waals surface area contributed by atoms with Gasteiger partial charge in [0.05, 0.1) is 15.7 Å². The summed E-state index contributed by atoms with van der Waals surface area (Å²) in [6.45, 7) is 0.710.